The zero-order chi connectivity index (χ0) is 15.2. The minimum atomic E-state index is -0.898. The van der Waals surface area contributed by atoms with Crippen molar-refractivity contribution in [2.45, 2.75) is 12.8 Å². The van der Waals surface area contributed by atoms with E-state index in [0.29, 0.717) is 12.0 Å². The van der Waals surface area contributed by atoms with Crippen LogP contribution in [0.2, 0.25) is 0 Å². The number of carbonyl (C=O) groups is 1. The van der Waals surface area contributed by atoms with Gasteiger partial charge in [-0.15, -0.1) is 0 Å². The van der Waals surface area contributed by atoms with Crippen LogP contribution in [-0.4, -0.2) is 16.0 Å². The number of hydrogen-bond acceptors (Lipinski definition) is 3. The van der Waals surface area contributed by atoms with Crippen LogP contribution in [-0.2, 0) is 17.6 Å². The molecular weight excluding hydrogens is 270 g/mol. The molecule has 21 heavy (non-hydrogen) atoms. The van der Waals surface area contributed by atoms with Gasteiger partial charge in [0.2, 0.25) is 0 Å². The molecule has 2 rings (SSSR count). The molecule has 5 heteroatoms. The first-order valence-corrected chi connectivity index (χ1v) is 6.56. The monoisotopic (exact) mass is 285 g/mol. The predicted octanol–water partition coefficient (Wildman–Crippen LogP) is 3.08. The summed E-state index contributed by atoms with van der Waals surface area (Å²) >= 11 is 0. The van der Waals surface area contributed by atoms with Gasteiger partial charge >= 0.3 is 5.97 Å². The number of nitro benzene ring substituents is 1. The number of non-ortho nitro benzene ring substituents is 1. The summed E-state index contributed by atoms with van der Waals surface area (Å²) in [5.74, 6) is -1.50. The first kappa shape index (κ1) is 14.7. The number of carboxylic acids is 1. The third-order valence-electron chi connectivity index (χ3n) is 3.28. The third kappa shape index (κ3) is 4.14. The standard InChI is InChI=1S/C16H15NO4/c18-16(19)14(9-12-5-2-1-3-6-12)10-13-7-4-8-15(11-13)17(20)21/h1-8,11,14H,9-10H2,(H,18,19). The summed E-state index contributed by atoms with van der Waals surface area (Å²) in [5, 5.41) is 20.1. The molecule has 0 spiro atoms. The van der Waals surface area contributed by atoms with Crippen LogP contribution in [0.25, 0.3) is 0 Å². The van der Waals surface area contributed by atoms with Gasteiger partial charge in [-0.3, -0.25) is 14.9 Å². The summed E-state index contributed by atoms with van der Waals surface area (Å²) in [4.78, 5) is 21.7. The zero-order valence-corrected chi connectivity index (χ0v) is 11.3. The van der Waals surface area contributed by atoms with Crippen molar-refractivity contribution in [3.05, 3.63) is 75.8 Å². The van der Waals surface area contributed by atoms with E-state index in [1.54, 1.807) is 12.1 Å². The van der Waals surface area contributed by atoms with Crippen molar-refractivity contribution in [2.24, 2.45) is 5.92 Å². The molecule has 5 nitrogen and oxygen atoms in total. The van der Waals surface area contributed by atoms with Crippen LogP contribution in [0.1, 0.15) is 11.1 Å². The van der Waals surface area contributed by atoms with E-state index in [9.17, 15) is 20.0 Å². The Hall–Kier alpha value is -2.69. The molecule has 1 N–H and O–H groups in total. The average Bonchev–Trinajstić information content (AvgIpc) is 2.48. The molecule has 0 bridgehead atoms. The molecule has 0 aromatic heterocycles. The van der Waals surface area contributed by atoms with E-state index >= 15 is 0 Å². The van der Waals surface area contributed by atoms with Gasteiger partial charge in [-0.25, -0.2) is 0 Å². The molecule has 2 aromatic rings. The van der Waals surface area contributed by atoms with Gasteiger partial charge in [-0.05, 0) is 24.0 Å². The molecule has 0 amide bonds. The van der Waals surface area contributed by atoms with Gasteiger partial charge in [0.1, 0.15) is 0 Å². The fraction of sp³-hybridized carbons (Fsp3) is 0.188. The van der Waals surface area contributed by atoms with Crippen molar-refractivity contribution in [2.75, 3.05) is 0 Å². The van der Waals surface area contributed by atoms with Crippen LogP contribution < -0.4 is 0 Å². The lowest BCUT2D eigenvalue weighted by Gasteiger charge is -2.12. The van der Waals surface area contributed by atoms with Crippen LogP contribution in [0.3, 0.4) is 0 Å². The summed E-state index contributed by atoms with van der Waals surface area (Å²) in [6, 6.07) is 15.5. The highest BCUT2D eigenvalue weighted by Gasteiger charge is 2.19. The number of hydrogen-bond donors (Lipinski definition) is 1. The first-order valence-electron chi connectivity index (χ1n) is 6.56. The number of nitro groups is 1. The van der Waals surface area contributed by atoms with Gasteiger partial charge in [0, 0.05) is 12.1 Å². The van der Waals surface area contributed by atoms with Gasteiger partial charge < -0.3 is 5.11 Å². The number of aliphatic carboxylic acids is 1. The lowest BCUT2D eigenvalue weighted by molar-refractivity contribution is -0.384. The molecule has 0 heterocycles. The van der Waals surface area contributed by atoms with Gasteiger partial charge in [0.25, 0.3) is 5.69 Å². The molecule has 0 saturated carbocycles. The Morgan fingerprint density at radius 2 is 1.67 bits per heavy atom. The van der Waals surface area contributed by atoms with E-state index < -0.39 is 16.8 Å². The van der Waals surface area contributed by atoms with Crippen molar-refractivity contribution in [3.8, 4) is 0 Å². The molecule has 108 valence electrons. The molecular formula is C16H15NO4. The van der Waals surface area contributed by atoms with Crippen molar-refractivity contribution in [1.82, 2.24) is 0 Å². The number of rotatable bonds is 6. The molecule has 0 aliphatic carbocycles. The van der Waals surface area contributed by atoms with E-state index in [0.717, 1.165) is 5.56 Å². The molecule has 0 saturated heterocycles. The van der Waals surface area contributed by atoms with Crippen LogP contribution >= 0.6 is 0 Å². The Balaban J connectivity index is 2.15. The lowest BCUT2D eigenvalue weighted by atomic mass is 9.92. The minimum absolute atomic E-state index is 0.0173. The van der Waals surface area contributed by atoms with E-state index in [-0.39, 0.29) is 12.1 Å². The first-order chi connectivity index (χ1) is 10.1. The molecule has 1 unspecified atom stereocenters. The minimum Gasteiger partial charge on any atom is -0.481 e. The summed E-state index contributed by atoms with van der Waals surface area (Å²) in [7, 11) is 0. The second-order valence-electron chi connectivity index (χ2n) is 4.86. The van der Waals surface area contributed by atoms with E-state index in [1.165, 1.54) is 12.1 Å². The maximum Gasteiger partial charge on any atom is 0.307 e. The number of benzene rings is 2. The van der Waals surface area contributed by atoms with Gasteiger partial charge in [0.15, 0.2) is 0 Å². The smallest absolute Gasteiger partial charge is 0.307 e. The summed E-state index contributed by atoms with van der Waals surface area (Å²) in [6.07, 6.45) is 0.671. The van der Waals surface area contributed by atoms with E-state index in [1.807, 2.05) is 30.3 Å². The molecule has 0 fully saturated rings. The topological polar surface area (TPSA) is 80.4 Å². The van der Waals surface area contributed by atoms with Crippen LogP contribution in [0.5, 0.6) is 0 Å². The maximum absolute atomic E-state index is 11.4. The molecule has 0 radical (unpaired) electrons. The van der Waals surface area contributed by atoms with Crippen molar-refractivity contribution >= 4 is 11.7 Å². The molecule has 0 aliphatic rings. The van der Waals surface area contributed by atoms with E-state index in [4.69, 9.17) is 0 Å². The van der Waals surface area contributed by atoms with Gasteiger partial charge in [-0.1, -0.05) is 42.5 Å². The third-order valence-corrected chi connectivity index (χ3v) is 3.28. The Morgan fingerprint density at radius 1 is 1.05 bits per heavy atom. The number of carboxylic acid groups (broad SMARTS) is 1. The lowest BCUT2D eigenvalue weighted by Crippen LogP contribution is -2.19. The van der Waals surface area contributed by atoms with Gasteiger partial charge in [0.05, 0.1) is 10.8 Å². The summed E-state index contributed by atoms with van der Waals surface area (Å²) in [6.45, 7) is 0. The van der Waals surface area contributed by atoms with E-state index in [2.05, 4.69) is 0 Å². The molecule has 0 aliphatic heterocycles. The quantitative estimate of drug-likeness (QED) is 0.653. The normalized spacial score (nSPS) is 11.8. The Labute approximate surface area is 122 Å². The second kappa shape index (κ2) is 6.65. The fourth-order valence-corrected chi connectivity index (χ4v) is 2.23. The SMILES string of the molecule is O=C(O)C(Cc1ccccc1)Cc1cccc([N+](=O)[O-])c1. The van der Waals surface area contributed by atoms with Crippen LogP contribution in [0.4, 0.5) is 5.69 Å². The van der Waals surface area contributed by atoms with Crippen LogP contribution in [0, 0.1) is 16.0 Å². The number of nitrogens with zero attached hydrogens (tertiary/aromatic N) is 1. The van der Waals surface area contributed by atoms with Crippen molar-refractivity contribution < 1.29 is 14.8 Å². The average molecular weight is 285 g/mol. The highest BCUT2D eigenvalue weighted by Crippen LogP contribution is 2.19. The largest absolute Gasteiger partial charge is 0.481 e. The maximum atomic E-state index is 11.4. The summed E-state index contributed by atoms with van der Waals surface area (Å²) in [5.41, 5.74) is 1.58. The Kier molecular flexibility index (Phi) is 4.66. The van der Waals surface area contributed by atoms with Crippen molar-refractivity contribution in [1.29, 1.82) is 0 Å². The molecule has 1 atom stereocenters. The predicted molar refractivity (Wildman–Crippen MR) is 78.1 cm³/mol. The van der Waals surface area contributed by atoms with Crippen molar-refractivity contribution in [3.63, 3.8) is 0 Å². The fourth-order valence-electron chi connectivity index (χ4n) is 2.23. The Bertz CT molecular complexity index is 640. The second-order valence-corrected chi connectivity index (χ2v) is 4.86. The highest BCUT2D eigenvalue weighted by molar-refractivity contribution is 5.71. The zero-order valence-electron chi connectivity index (χ0n) is 11.3. The molecule has 2 aromatic carbocycles. The highest BCUT2D eigenvalue weighted by atomic mass is 16.6. The van der Waals surface area contributed by atoms with Crippen LogP contribution in [0.15, 0.2) is 54.6 Å². The summed E-state index contributed by atoms with van der Waals surface area (Å²) < 4.78 is 0. The Morgan fingerprint density at radius 3 is 2.29 bits per heavy atom. The van der Waals surface area contributed by atoms with Gasteiger partial charge in [-0.2, -0.15) is 0 Å².